The van der Waals surface area contributed by atoms with E-state index < -0.39 is 0 Å². The van der Waals surface area contributed by atoms with Crippen molar-refractivity contribution in [3.63, 3.8) is 0 Å². The summed E-state index contributed by atoms with van der Waals surface area (Å²) in [6, 6.07) is 18.7. The van der Waals surface area contributed by atoms with Gasteiger partial charge in [0.25, 0.3) is 0 Å². The summed E-state index contributed by atoms with van der Waals surface area (Å²) in [6.45, 7) is 0.825. The van der Waals surface area contributed by atoms with E-state index in [1.807, 2.05) is 42.5 Å². The summed E-state index contributed by atoms with van der Waals surface area (Å²) in [5.74, 6) is 1.03. The van der Waals surface area contributed by atoms with E-state index in [9.17, 15) is 4.79 Å². The van der Waals surface area contributed by atoms with Crippen molar-refractivity contribution in [2.45, 2.75) is 25.0 Å². The zero-order valence-electron chi connectivity index (χ0n) is 12.4. The Hall–Kier alpha value is -2.33. The molecule has 3 rings (SSSR count). The van der Waals surface area contributed by atoms with Crippen molar-refractivity contribution in [2.24, 2.45) is 5.73 Å². The van der Waals surface area contributed by atoms with Crippen LogP contribution in [0.5, 0.6) is 5.75 Å². The van der Waals surface area contributed by atoms with Gasteiger partial charge in [0, 0.05) is 12.0 Å². The second-order valence-electron chi connectivity index (χ2n) is 5.64. The number of hydrogen-bond acceptors (Lipinski definition) is 3. The molecule has 22 heavy (non-hydrogen) atoms. The molecule has 1 aliphatic carbocycles. The van der Waals surface area contributed by atoms with Gasteiger partial charge < -0.3 is 15.8 Å². The number of amides is 1. The molecule has 1 amide bonds. The molecular formula is C18H20N2O2. The average Bonchev–Trinajstić information content (AvgIpc) is 3.32. The van der Waals surface area contributed by atoms with Gasteiger partial charge in [-0.05, 0) is 29.7 Å². The van der Waals surface area contributed by atoms with Crippen LogP contribution >= 0.6 is 0 Å². The molecule has 0 unspecified atom stereocenters. The van der Waals surface area contributed by atoms with Crippen LogP contribution < -0.4 is 15.8 Å². The van der Waals surface area contributed by atoms with Crippen LogP contribution in [0.3, 0.4) is 0 Å². The van der Waals surface area contributed by atoms with Gasteiger partial charge in [0.15, 0.2) is 0 Å². The zero-order valence-corrected chi connectivity index (χ0v) is 12.4. The molecule has 4 nitrogen and oxygen atoms in total. The molecule has 2 atom stereocenters. The van der Waals surface area contributed by atoms with Crippen molar-refractivity contribution in [3.05, 3.63) is 65.7 Å². The molecule has 3 N–H and O–H groups in total. The molecule has 0 heterocycles. The van der Waals surface area contributed by atoms with Gasteiger partial charge in [-0.2, -0.15) is 0 Å². The van der Waals surface area contributed by atoms with Crippen LogP contribution in [-0.4, -0.2) is 18.5 Å². The largest absolute Gasteiger partial charge is 0.489 e. The second-order valence-corrected chi connectivity index (χ2v) is 5.64. The summed E-state index contributed by atoms with van der Waals surface area (Å²) in [7, 11) is 0. The van der Waals surface area contributed by atoms with E-state index >= 15 is 0 Å². The van der Waals surface area contributed by atoms with Crippen LogP contribution in [0.2, 0.25) is 0 Å². The summed E-state index contributed by atoms with van der Waals surface area (Å²) in [4.78, 5) is 10.8. The Morgan fingerprint density at radius 1 is 1.14 bits per heavy atom. The molecule has 1 saturated carbocycles. The average molecular weight is 296 g/mol. The van der Waals surface area contributed by atoms with Crippen molar-refractivity contribution < 1.29 is 9.53 Å². The minimum atomic E-state index is -0.310. The van der Waals surface area contributed by atoms with Gasteiger partial charge in [0.2, 0.25) is 5.91 Å². The molecule has 0 bridgehead atoms. The highest BCUT2D eigenvalue weighted by Crippen LogP contribution is 2.41. The molecule has 0 aromatic heterocycles. The molecule has 114 valence electrons. The van der Waals surface area contributed by atoms with E-state index in [1.165, 1.54) is 5.56 Å². The van der Waals surface area contributed by atoms with Crippen molar-refractivity contribution in [1.82, 2.24) is 5.32 Å². The zero-order chi connectivity index (χ0) is 15.4. The third-order valence-electron chi connectivity index (χ3n) is 3.89. The SMILES string of the molecule is NC(=O)CN[C@@H]1C[C@H]1c1ccc(OCc2ccccc2)cc1. The number of carbonyl (C=O) groups excluding carboxylic acids is 1. The van der Waals surface area contributed by atoms with Gasteiger partial charge in [0.1, 0.15) is 12.4 Å². The molecule has 0 radical (unpaired) electrons. The summed E-state index contributed by atoms with van der Waals surface area (Å²) < 4.78 is 5.78. The lowest BCUT2D eigenvalue weighted by Gasteiger charge is -2.07. The lowest BCUT2D eigenvalue weighted by Crippen LogP contribution is -2.30. The van der Waals surface area contributed by atoms with Crippen LogP contribution in [-0.2, 0) is 11.4 Å². The lowest BCUT2D eigenvalue weighted by atomic mass is 10.1. The Morgan fingerprint density at radius 2 is 1.86 bits per heavy atom. The maximum absolute atomic E-state index is 10.8. The molecule has 0 saturated heterocycles. The molecule has 1 fully saturated rings. The molecule has 2 aromatic rings. The van der Waals surface area contributed by atoms with Gasteiger partial charge in [-0.1, -0.05) is 42.5 Å². The van der Waals surface area contributed by atoms with Crippen molar-refractivity contribution in [3.8, 4) is 5.75 Å². The van der Waals surface area contributed by atoms with E-state index in [0.717, 1.165) is 17.7 Å². The second kappa shape index (κ2) is 6.62. The number of carbonyl (C=O) groups is 1. The van der Waals surface area contributed by atoms with Crippen molar-refractivity contribution in [1.29, 1.82) is 0 Å². The molecule has 2 aromatic carbocycles. The predicted octanol–water partition coefficient (Wildman–Crippen LogP) is 2.20. The highest BCUT2D eigenvalue weighted by Gasteiger charge is 2.37. The van der Waals surface area contributed by atoms with E-state index in [-0.39, 0.29) is 12.5 Å². The molecule has 4 heteroatoms. The number of nitrogens with one attached hydrogen (secondary N) is 1. The van der Waals surface area contributed by atoms with Crippen molar-refractivity contribution in [2.75, 3.05) is 6.54 Å². The number of ether oxygens (including phenoxy) is 1. The Bertz CT molecular complexity index is 625. The molecule has 1 aliphatic rings. The van der Waals surface area contributed by atoms with E-state index in [1.54, 1.807) is 0 Å². The Morgan fingerprint density at radius 3 is 2.55 bits per heavy atom. The predicted molar refractivity (Wildman–Crippen MR) is 85.6 cm³/mol. The highest BCUT2D eigenvalue weighted by molar-refractivity contribution is 5.76. The summed E-state index contributed by atoms with van der Waals surface area (Å²) in [6.07, 6.45) is 1.05. The Kier molecular flexibility index (Phi) is 4.39. The first-order valence-corrected chi connectivity index (χ1v) is 7.51. The van der Waals surface area contributed by atoms with Gasteiger partial charge in [-0.25, -0.2) is 0 Å². The number of benzene rings is 2. The van der Waals surface area contributed by atoms with Gasteiger partial charge in [-0.15, -0.1) is 0 Å². The van der Waals surface area contributed by atoms with Crippen molar-refractivity contribution >= 4 is 5.91 Å². The molecule has 0 aliphatic heterocycles. The first kappa shape index (κ1) is 14.6. The fraction of sp³-hybridized carbons (Fsp3) is 0.278. The summed E-state index contributed by atoms with van der Waals surface area (Å²) >= 11 is 0. The Labute approximate surface area is 130 Å². The number of primary amides is 1. The topological polar surface area (TPSA) is 64.4 Å². The van der Waals surface area contributed by atoms with E-state index in [0.29, 0.717) is 18.6 Å². The number of rotatable bonds is 7. The molecule has 0 spiro atoms. The summed E-state index contributed by atoms with van der Waals surface area (Å²) in [5.41, 5.74) is 7.57. The highest BCUT2D eigenvalue weighted by atomic mass is 16.5. The lowest BCUT2D eigenvalue weighted by molar-refractivity contribution is -0.117. The van der Waals surface area contributed by atoms with Crippen LogP contribution in [0, 0.1) is 0 Å². The molecular weight excluding hydrogens is 276 g/mol. The van der Waals surface area contributed by atoms with Crippen LogP contribution in [0.4, 0.5) is 0 Å². The third kappa shape index (κ3) is 3.86. The minimum Gasteiger partial charge on any atom is -0.489 e. The van der Waals surface area contributed by atoms with Crippen LogP contribution in [0.1, 0.15) is 23.5 Å². The first-order chi connectivity index (χ1) is 10.7. The number of hydrogen-bond donors (Lipinski definition) is 2. The maximum atomic E-state index is 10.8. The Balaban J connectivity index is 1.50. The van der Waals surface area contributed by atoms with Gasteiger partial charge in [0.05, 0.1) is 6.54 Å². The monoisotopic (exact) mass is 296 g/mol. The first-order valence-electron chi connectivity index (χ1n) is 7.51. The maximum Gasteiger partial charge on any atom is 0.231 e. The van der Waals surface area contributed by atoms with Gasteiger partial charge in [-0.3, -0.25) is 4.79 Å². The van der Waals surface area contributed by atoms with E-state index in [2.05, 4.69) is 17.4 Å². The van der Waals surface area contributed by atoms with E-state index in [4.69, 9.17) is 10.5 Å². The normalized spacial score (nSPS) is 19.6. The summed E-state index contributed by atoms with van der Waals surface area (Å²) in [5, 5.41) is 3.16. The third-order valence-corrected chi connectivity index (χ3v) is 3.89. The smallest absolute Gasteiger partial charge is 0.231 e. The van der Waals surface area contributed by atoms with Gasteiger partial charge >= 0.3 is 0 Å². The quantitative estimate of drug-likeness (QED) is 0.823. The van der Waals surface area contributed by atoms with Crippen LogP contribution in [0.15, 0.2) is 54.6 Å². The standard InChI is InChI=1S/C18H20N2O2/c19-18(21)11-20-17-10-16(17)14-6-8-15(9-7-14)22-12-13-4-2-1-3-5-13/h1-9,16-17,20H,10-12H2,(H2,19,21)/t16-,17+/m0/s1. The fourth-order valence-corrected chi connectivity index (χ4v) is 2.57. The minimum absolute atomic E-state index is 0.249. The fourth-order valence-electron chi connectivity index (χ4n) is 2.57. The van der Waals surface area contributed by atoms with Crippen LogP contribution in [0.25, 0.3) is 0 Å². The number of nitrogens with two attached hydrogens (primary N) is 1.